The van der Waals surface area contributed by atoms with Gasteiger partial charge in [-0.05, 0) is 17.7 Å². The summed E-state index contributed by atoms with van der Waals surface area (Å²) < 4.78 is 0. The van der Waals surface area contributed by atoms with E-state index in [1.807, 2.05) is 48.7 Å². The zero-order valence-electron chi connectivity index (χ0n) is 11.7. The van der Waals surface area contributed by atoms with Crippen LogP contribution in [-0.2, 0) is 11.2 Å². The van der Waals surface area contributed by atoms with Gasteiger partial charge in [0.25, 0.3) is 0 Å². The number of benzene rings is 2. The number of H-pyrrole nitrogens is 1. The first-order valence-electron chi connectivity index (χ1n) is 6.85. The normalized spacial score (nSPS) is 11.1. The van der Waals surface area contributed by atoms with Crippen molar-refractivity contribution >= 4 is 34.6 Å². The van der Waals surface area contributed by atoms with Gasteiger partial charge in [0.15, 0.2) is 0 Å². The van der Waals surface area contributed by atoms with Gasteiger partial charge >= 0.3 is 0 Å². The molecule has 0 unspecified atom stereocenters. The molecule has 1 aromatic heterocycles. The Hall–Kier alpha value is -2.59. The number of aromatic amines is 1. The second kappa shape index (κ2) is 6.45. The molecule has 3 rings (SSSR count). The number of carbonyl (C=O) groups is 1. The third-order valence-electron chi connectivity index (χ3n) is 3.32. The molecule has 0 aliphatic carbocycles. The highest BCUT2D eigenvalue weighted by Crippen LogP contribution is 2.18. The Morgan fingerprint density at radius 2 is 1.95 bits per heavy atom. The molecule has 0 aliphatic heterocycles. The number of nitrogens with one attached hydrogen (secondary N) is 2. The fraction of sp³-hybridized carbons (Fsp3) is 0.0588. The van der Waals surface area contributed by atoms with Crippen molar-refractivity contribution in [2.75, 3.05) is 0 Å². The van der Waals surface area contributed by atoms with Gasteiger partial charge in [-0.3, -0.25) is 4.79 Å². The number of para-hydroxylation sites is 1. The van der Waals surface area contributed by atoms with E-state index < -0.39 is 0 Å². The minimum absolute atomic E-state index is 0.173. The molecule has 5 heteroatoms. The van der Waals surface area contributed by atoms with Gasteiger partial charge in [0.05, 0.1) is 12.6 Å². The number of carbonyl (C=O) groups excluding carboxylic acids is 1. The van der Waals surface area contributed by atoms with Gasteiger partial charge < -0.3 is 4.98 Å². The smallest absolute Gasteiger partial charge is 0.244 e. The molecule has 0 aliphatic rings. The van der Waals surface area contributed by atoms with Crippen LogP contribution in [0.15, 0.2) is 59.8 Å². The fourth-order valence-corrected chi connectivity index (χ4v) is 2.43. The number of hydrogen-bond donors (Lipinski definition) is 2. The zero-order chi connectivity index (χ0) is 15.4. The molecule has 0 spiro atoms. The Labute approximate surface area is 132 Å². The minimum Gasteiger partial charge on any atom is -0.361 e. The van der Waals surface area contributed by atoms with Crippen LogP contribution in [-0.4, -0.2) is 17.1 Å². The van der Waals surface area contributed by atoms with Crippen LogP contribution in [0.2, 0.25) is 5.02 Å². The monoisotopic (exact) mass is 311 g/mol. The van der Waals surface area contributed by atoms with Gasteiger partial charge in [-0.2, -0.15) is 5.10 Å². The molecule has 2 N–H and O–H groups in total. The van der Waals surface area contributed by atoms with Crippen molar-refractivity contribution in [1.82, 2.24) is 10.4 Å². The summed E-state index contributed by atoms with van der Waals surface area (Å²) in [6, 6.07) is 15.2. The molecular weight excluding hydrogens is 298 g/mol. The highest BCUT2D eigenvalue weighted by Gasteiger charge is 2.07. The fourth-order valence-electron chi connectivity index (χ4n) is 2.24. The van der Waals surface area contributed by atoms with Gasteiger partial charge in [-0.15, -0.1) is 0 Å². The number of halogens is 1. The molecule has 2 aromatic carbocycles. The number of hydrogen-bond acceptors (Lipinski definition) is 2. The summed E-state index contributed by atoms with van der Waals surface area (Å²) in [5.41, 5.74) is 5.24. The van der Waals surface area contributed by atoms with Gasteiger partial charge in [0.1, 0.15) is 0 Å². The molecule has 3 aromatic rings. The van der Waals surface area contributed by atoms with Crippen molar-refractivity contribution in [1.29, 1.82) is 0 Å². The van der Waals surface area contributed by atoms with Crippen molar-refractivity contribution in [3.05, 3.63) is 70.9 Å². The first-order valence-corrected chi connectivity index (χ1v) is 7.23. The summed E-state index contributed by atoms with van der Waals surface area (Å²) in [6.45, 7) is 0. The largest absolute Gasteiger partial charge is 0.361 e. The standard InChI is InChI=1S/C17H14ClN3O/c18-15-7-3-1-5-12(15)11-20-21-17(22)9-13-10-19-16-8-4-2-6-14(13)16/h1-8,10-11,19H,9H2,(H,21,22). The SMILES string of the molecule is O=C(Cc1c[nH]c2ccccc12)NN=Cc1ccccc1Cl. The highest BCUT2D eigenvalue weighted by atomic mass is 35.5. The topological polar surface area (TPSA) is 57.2 Å². The van der Waals surface area contributed by atoms with E-state index in [-0.39, 0.29) is 12.3 Å². The van der Waals surface area contributed by atoms with E-state index in [0.717, 1.165) is 22.0 Å². The van der Waals surface area contributed by atoms with Crippen LogP contribution in [0.5, 0.6) is 0 Å². The predicted molar refractivity (Wildman–Crippen MR) is 89.2 cm³/mol. The van der Waals surface area contributed by atoms with Gasteiger partial charge in [0, 0.05) is 27.7 Å². The van der Waals surface area contributed by atoms with Gasteiger partial charge in [0.2, 0.25) is 5.91 Å². The summed E-state index contributed by atoms with van der Waals surface area (Å²) in [5.74, 6) is -0.173. The predicted octanol–water partition coefficient (Wildman–Crippen LogP) is 3.51. The van der Waals surface area contributed by atoms with E-state index in [0.29, 0.717) is 5.02 Å². The molecule has 0 saturated heterocycles. The van der Waals surface area contributed by atoms with Gasteiger partial charge in [-0.25, -0.2) is 5.43 Å². The van der Waals surface area contributed by atoms with E-state index in [1.165, 1.54) is 6.21 Å². The zero-order valence-corrected chi connectivity index (χ0v) is 12.5. The van der Waals surface area contributed by atoms with Crippen LogP contribution in [0.1, 0.15) is 11.1 Å². The lowest BCUT2D eigenvalue weighted by molar-refractivity contribution is -0.120. The molecule has 0 bridgehead atoms. The molecule has 22 heavy (non-hydrogen) atoms. The van der Waals surface area contributed by atoms with Crippen molar-refractivity contribution in [2.24, 2.45) is 5.10 Å². The molecule has 1 heterocycles. The Bertz CT molecular complexity index is 839. The Morgan fingerprint density at radius 3 is 2.82 bits per heavy atom. The molecule has 110 valence electrons. The van der Waals surface area contributed by atoms with Crippen LogP contribution in [0.3, 0.4) is 0 Å². The second-order valence-corrected chi connectivity index (χ2v) is 5.26. The lowest BCUT2D eigenvalue weighted by atomic mass is 10.1. The van der Waals surface area contributed by atoms with E-state index in [4.69, 9.17) is 11.6 Å². The summed E-state index contributed by atoms with van der Waals surface area (Å²) in [4.78, 5) is 15.1. The summed E-state index contributed by atoms with van der Waals surface area (Å²) >= 11 is 6.01. The van der Waals surface area contributed by atoms with Crippen molar-refractivity contribution < 1.29 is 4.79 Å². The number of hydrazone groups is 1. The Morgan fingerprint density at radius 1 is 1.18 bits per heavy atom. The minimum atomic E-state index is -0.173. The first-order chi connectivity index (χ1) is 10.7. The third kappa shape index (κ3) is 3.18. The molecule has 4 nitrogen and oxygen atoms in total. The molecule has 1 amide bonds. The van der Waals surface area contributed by atoms with Crippen LogP contribution in [0, 0.1) is 0 Å². The maximum atomic E-state index is 12.0. The van der Waals surface area contributed by atoms with Crippen LogP contribution in [0.4, 0.5) is 0 Å². The number of fused-ring (bicyclic) bond motifs is 1. The maximum absolute atomic E-state index is 12.0. The van der Waals surface area contributed by atoms with Crippen LogP contribution >= 0.6 is 11.6 Å². The van der Waals surface area contributed by atoms with E-state index in [1.54, 1.807) is 6.07 Å². The third-order valence-corrected chi connectivity index (χ3v) is 3.67. The average molecular weight is 312 g/mol. The number of rotatable bonds is 4. The van der Waals surface area contributed by atoms with Crippen molar-refractivity contribution in [3.63, 3.8) is 0 Å². The van der Waals surface area contributed by atoms with Crippen molar-refractivity contribution in [3.8, 4) is 0 Å². The number of nitrogens with zero attached hydrogens (tertiary/aromatic N) is 1. The Kier molecular flexibility index (Phi) is 4.21. The molecule has 0 radical (unpaired) electrons. The summed E-state index contributed by atoms with van der Waals surface area (Å²) in [6.07, 6.45) is 3.65. The van der Waals surface area contributed by atoms with E-state index in [9.17, 15) is 4.79 Å². The second-order valence-electron chi connectivity index (χ2n) is 4.85. The van der Waals surface area contributed by atoms with Crippen molar-refractivity contribution in [2.45, 2.75) is 6.42 Å². The highest BCUT2D eigenvalue weighted by molar-refractivity contribution is 6.33. The van der Waals surface area contributed by atoms with E-state index >= 15 is 0 Å². The number of amides is 1. The molecule has 0 fully saturated rings. The summed E-state index contributed by atoms with van der Waals surface area (Å²) in [7, 11) is 0. The van der Waals surface area contributed by atoms with Crippen LogP contribution in [0.25, 0.3) is 10.9 Å². The quantitative estimate of drug-likeness (QED) is 0.562. The Balaban J connectivity index is 1.65. The molecular formula is C17H14ClN3O. The summed E-state index contributed by atoms with van der Waals surface area (Å²) in [5, 5.41) is 5.59. The van der Waals surface area contributed by atoms with Crippen LogP contribution < -0.4 is 5.43 Å². The van der Waals surface area contributed by atoms with Gasteiger partial charge in [-0.1, -0.05) is 48.0 Å². The molecule has 0 saturated carbocycles. The molecule has 0 atom stereocenters. The maximum Gasteiger partial charge on any atom is 0.244 e. The average Bonchev–Trinajstić information content (AvgIpc) is 2.92. The van der Waals surface area contributed by atoms with E-state index in [2.05, 4.69) is 15.5 Å². The lowest BCUT2D eigenvalue weighted by Crippen LogP contribution is -2.19. The first kappa shape index (κ1) is 14.4. The number of aromatic nitrogens is 1. The lowest BCUT2D eigenvalue weighted by Gasteiger charge is -2.00.